The maximum Gasteiger partial charge on any atom is 0.135 e. The second-order valence-electron chi connectivity index (χ2n) is 15.9. The van der Waals surface area contributed by atoms with Gasteiger partial charge in [0.1, 0.15) is 23.0 Å². The first-order valence-corrected chi connectivity index (χ1v) is 20.6. The van der Waals surface area contributed by atoms with Crippen LogP contribution >= 0.6 is 0 Å². The Morgan fingerprint density at radius 2 is 0.617 bits per heavy atom. The molecule has 0 spiro atoms. The highest BCUT2D eigenvalue weighted by Gasteiger charge is 2.25. The van der Waals surface area contributed by atoms with Crippen molar-refractivity contribution in [3.63, 3.8) is 0 Å². The van der Waals surface area contributed by atoms with Gasteiger partial charge in [0.2, 0.25) is 0 Å². The Labute approximate surface area is 347 Å². The first-order chi connectivity index (χ1) is 29.8. The standard InChI is InChI=1S/C58H34O2/c1-3-13-35(14-4-1)55-47-27-25-38(40-30-32-46-42-18-8-10-22-52(42)60-54-24-12-20-44(40)58(46)54)34-50(47)56(36-15-5-2-6-16-36)48-28-26-37(33-49(48)55)39-29-31-45-41-17-7-9-21-51(41)59-53-23-11-19-43(39)57(45)53/h1-34H. The van der Waals surface area contributed by atoms with Gasteiger partial charge in [0.25, 0.3) is 0 Å². The molecular formula is C58H34O2. The third kappa shape index (κ3) is 4.82. The highest BCUT2D eigenvalue weighted by atomic mass is 16.5. The predicted octanol–water partition coefficient (Wildman–Crippen LogP) is 16.5. The molecule has 0 saturated heterocycles. The van der Waals surface area contributed by atoms with Crippen LogP contribution < -0.4 is 9.47 Å². The van der Waals surface area contributed by atoms with Gasteiger partial charge in [0.05, 0.1) is 0 Å². The van der Waals surface area contributed by atoms with E-state index in [0.717, 1.165) is 44.9 Å². The lowest BCUT2D eigenvalue weighted by Crippen LogP contribution is -1.98. The molecule has 0 bridgehead atoms. The van der Waals surface area contributed by atoms with Gasteiger partial charge >= 0.3 is 0 Å². The van der Waals surface area contributed by atoms with E-state index in [1.165, 1.54) is 88.0 Å². The van der Waals surface area contributed by atoms with E-state index in [0.29, 0.717) is 0 Å². The molecule has 0 radical (unpaired) electrons. The molecule has 2 aliphatic heterocycles. The summed E-state index contributed by atoms with van der Waals surface area (Å²) >= 11 is 0. The largest absolute Gasteiger partial charge is 0.456 e. The molecule has 11 aromatic carbocycles. The molecule has 2 aliphatic rings. The van der Waals surface area contributed by atoms with Crippen molar-refractivity contribution in [3.8, 4) is 89.8 Å². The Bertz CT molecular complexity index is 3350. The van der Waals surface area contributed by atoms with Gasteiger partial charge in [-0.05, 0) is 124 Å². The molecule has 0 aliphatic carbocycles. The molecule has 0 saturated carbocycles. The van der Waals surface area contributed by atoms with Gasteiger partial charge in [-0.15, -0.1) is 0 Å². The molecule has 0 aromatic heterocycles. The molecule has 0 amide bonds. The van der Waals surface area contributed by atoms with Crippen LogP contribution in [0.5, 0.6) is 23.0 Å². The summed E-state index contributed by atoms with van der Waals surface area (Å²) in [5.41, 5.74) is 14.2. The van der Waals surface area contributed by atoms with Crippen LogP contribution in [-0.4, -0.2) is 0 Å². The fourth-order valence-electron chi connectivity index (χ4n) is 10.1. The Morgan fingerprint density at radius 3 is 1.08 bits per heavy atom. The van der Waals surface area contributed by atoms with Gasteiger partial charge in [-0.3, -0.25) is 0 Å². The topological polar surface area (TPSA) is 18.5 Å². The van der Waals surface area contributed by atoms with Crippen molar-refractivity contribution in [2.45, 2.75) is 0 Å². The first kappa shape index (κ1) is 33.1. The number of rotatable bonds is 4. The SMILES string of the molecule is c1ccc(-c2c3ccc(-c4ccc5c6c(cccc46)Oc4ccccc4-5)cc3c(-c3ccccc3)c3ccc(-c4ccc5c6c(cccc46)Oc4ccccc4-5)cc23)cc1. The molecule has 0 unspecified atom stereocenters. The first-order valence-electron chi connectivity index (χ1n) is 20.6. The smallest absolute Gasteiger partial charge is 0.135 e. The minimum Gasteiger partial charge on any atom is -0.456 e. The Morgan fingerprint density at radius 1 is 0.217 bits per heavy atom. The number of para-hydroxylation sites is 2. The molecule has 0 atom stereocenters. The van der Waals surface area contributed by atoms with Crippen molar-refractivity contribution in [2.24, 2.45) is 0 Å². The Hall–Kier alpha value is -7.94. The molecule has 60 heavy (non-hydrogen) atoms. The van der Waals surface area contributed by atoms with E-state index in [1.807, 2.05) is 12.1 Å². The summed E-state index contributed by atoms with van der Waals surface area (Å²) in [6.45, 7) is 0. The number of fused-ring (bicyclic) bond motifs is 6. The lowest BCUT2D eigenvalue weighted by atomic mass is 9.82. The molecule has 11 aromatic rings. The second-order valence-corrected chi connectivity index (χ2v) is 15.9. The van der Waals surface area contributed by atoms with Crippen LogP contribution in [-0.2, 0) is 0 Å². The van der Waals surface area contributed by atoms with Crippen molar-refractivity contribution < 1.29 is 9.47 Å². The van der Waals surface area contributed by atoms with Crippen LogP contribution in [0.2, 0.25) is 0 Å². The second kappa shape index (κ2) is 12.8. The molecular weight excluding hydrogens is 729 g/mol. The van der Waals surface area contributed by atoms with Crippen LogP contribution in [0.25, 0.3) is 110 Å². The van der Waals surface area contributed by atoms with Crippen molar-refractivity contribution >= 4 is 43.1 Å². The summed E-state index contributed by atoms with van der Waals surface area (Å²) in [5, 5.41) is 9.55. The molecule has 0 N–H and O–H groups in total. The number of hydrogen-bond donors (Lipinski definition) is 0. The number of hydrogen-bond acceptors (Lipinski definition) is 2. The van der Waals surface area contributed by atoms with Crippen LogP contribution in [0.1, 0.15) is 0 Å². The molecule has 2 nitrogen and oxygen atoms in total. The molecule has 0 fully saturated rings. The van der Waals surface area contributed by atoms with Crippen molar-refractivity contribution in [1.82, 2.24) is 0 Å². The van der Waals surface area contributed by atoms with Crippen LogP contribution in [0.4, 0.5) is 0 Å². The van der Waals surface area contributed by atoms with Gasteiger partial charge in [-0.25, -0.2) is 0 Å². The maximum atomic E-state index is 6.49. The summed E-state index contributed by atoms with van der Waals surface area (Å²) in [7, 11) is 0. The number of benzene rings is 11. The van der Waals surface area contributed by atoms with Gasteiger partial charge < -0.3 is 9.47 Å². The monoisotopic (exact) mass is 762 g/mol. The van der Waals surface area contributed by atoms with Crippen LogP contribution in [0, 0.1) is 0 Å². The van der Waals surface area contributed by atoms with E-state index in [1.54, 1.807) is 0 Å². The van der Waals surface area contributed by atoms with E-state index in [9.17, 15) is 0 Å². The molecule has 2 heteroatoms. The summed E-state index contributed by atoms with van der Waals surface area (Å²) in [6.07, 6.45) is 0. The summed E-state index contributed by atoms with van der Waals surface area (Å²) in [5.74, 6) is 3.59. The third-order valence-corrected chi connectivity index (χ3v) is 12.7. The zero-order valence-electron chi connectivity index (χ0n) is 32.4. The van der Waals surface area contributed by atoms with E-state index in [2.05, 4.69) is 194 Å². The highest BCUT2D eigenvalue weighted by Crippen LogP contribution is 2.52. The average molecular weight is 763 g/mol. The minimum atomic E-state index is 0.898. The molecule has 278 valence electrons. The summed E-state index contributed by atoms with van der Waals surface area (Å²) in [4.78, 5) is 0. The Balaban J connectivity index is 1.08. The van der Waals surface area contributed by atoms with E-state index in [4.69, 9.17) is 9.47 Å². The third-order valence-electron chi connectivity index (χ3n) is 12.7. The predicted molar refractivity (Wildman–Crippen MR) is 249 cm³/mol. The van der Waals surface area contributed by atoms with Crippen LogP contribution in [0.15, 0.2) is 206 Å². The van der Waals surface area contributed by atoms with Crippen molar-refractivity contribution in [3.05, 3.63) is 206 Å². The zero-order chi connectivity index (χ0) is 39.3. The van der Waals surface area contributed by atoms with Crippen molar-refractivity contribution in [2.75, 3.05) is 0 Å². The fraction of sp³-hybridized carbons (Fsp3) is 0. The minimum absolute atomic E-state index is 0.898. The summed E-state index contributed by atoms with van der Waals surface area (Å²) in [6, 6.07) is 74.6. The van der Waals surface area contributed by atoms with Gasteiger partial charge in [-0.1, -0.05) is 170 Å². The maximum absolute atomic E-state index is 6.49. The van der Waals surface area contributed by atoms with E-state index in [-0.39, 0.29) is 0 Å². The fourth-order valence-corrected chi connectivity index (χ4v) is 10.1. The number of ether oxygens (including phenoxy) is 2. The average Bonchev–Trinajstić information content (AvgIpc) is 3.31. The highest BCUT2D eigenvalue weighted by molar-refractivity contribution is 6.23. The van der Waals surface area contributed by atoms with Gasteiger partial charge in [0, 0.05) is 21.9 Å². The normalized spacial score (nSPS) is 12.3. The lowest BCUT2D eigenvalue weighted by Gasteiger charge is -2.23. The quantitative estimate of drug-likeness (QED) is 0.166. The molecule has 2 heterocycles. The Kier molecular flexibility index (Phi) is 7.05. The molecule has 13 rings (SSSR count). The van der Waals surface area contributed by atoms with E-state index >= 15 is 0 Å². The zero-order valence-corrected chi connectivity index (χ0v) is 32.4. The lowest BCUT2D eigenvalue weighted by molar-refractivity contribution is 0.487. The van der Waals surface area contributed by atoms with E-state index < -0.39 is 0 Å². The van der Waals surface area contributed by atoms with Crippen molar-refractivity contribution in [1.29, 1.82) is 0 Å². The van der Waals surface area contributed by atoms with Gasteiger partial charge in [0.15, 0.2) is 0 Å². The summed E-state index contributed by atoms with van der Waals surface area (Å²) < 4.78 is 13.0. The van der Waals surface area contributed by atoms with Gasteiger partial charge in [-0.2, -0.15) is 0 Å². The van der Waals surface area contributed by atoms with Crippen LogP contribution in [0.3, 0.4) is 0 Å².